The second-order valence-electron chi connectivity index (χ2n) is 5.75. The highest BCUT2D eigenvalue weighted by Crippen LogP contribution is 2.24. The number of nitrogens with zero attached hydrogens (tertiary/aromatic N) is 2. The number of benzene rings is 1. The smallest absolute Gasteiger partial charge is 0.318 e. The number of carbonyl (C=O) groups is 1. The van der Waals surface area contributed by atoms with Gasteiger partial charge in [-0.25, -0.2) is 9.78 Å². The maximum atomic E-state index is 11.4. The Morgan fingerprint density at radius 2 is 1.96 bits per heavy atom. The van der Waals surface area contributed by atoms with Crippen molar-refractivity contribution in [3.63, 3.8) is 0 Å². The van der Waals surface area contributed by atoms with E-state index in [9.17, 15) is 4.79 Å². The number of hydrogen-bond donors (Lipinski definition) is 3. The van der Waals surface area contributed by atoms with Gasteiger partial charge in [0, 0.05) is 37.0 Å². The van der Waals surface area contributed by atoms with Crippen LogP contribution in [0.2, 0.25) is 0 Å². The number of morpholine rings is 1. The lowest BCUT2D eigenvalue weighted by atomic mass is 10.2. The number of ether oxygens (including phenoxy) is 1. The fourth-order valence-electron chi connectivity index (χ4n) is 2.67. The van der Waals surface area contributed by atoms with E-state index in [2.05, 4.69) is 25.5 Å². The molecule has 132 valence electrons. The number of amides is 2. The molecule has 3 N–H and O–H groups in total. The number of H-pyrrole nitrogens is 1. The number of anilines is 2. The Morgan fingerprint density at radius 3 is 2.60 bits per heavy atom. The molecule has 2 amide bonds. The zero-order valence-corrected chi connectivity index (χ0v) is 15.1. The van der Waals surface area contributed by atoms with Crippen LogP contribution < -0.4 is 15.5 Å². The molecule has 0 spiro atoms. The van der Waals surface area contributed by atoms with Gasteiger partial charge in [-0.1, -0.05) is 12.2 Å². The molecule has 1 aliphatic rings. The van der Waals surface area contributed by atoms with Crippen molar-refractivity contribution in [2.24, 2.45) is 0 Å². The van der Waals surface area contributed by atoms with Crippen LogP contribution in [0.1, 0.15) is 5.56 Å². The third-order valence-electron chi connectivity index (χ3n) is 4.10. The van der Waals surface area contributed by atoms with Gasteiger partial charge >= 0.3 is 6.03 Å². The van der Waals surface area contributed by atoms with E-state index in [0.717, 1.165) is 30.0 Å². The zero-order valence-electron chi connectivity index (χ0n) is 14.3. The van der Waals surface area contributed by atoms with E-state index in [1.165, 1.54) is 0 Å². The van der Waals surface area contributed by atoms with Crippen molar-refractivity contribution in [2.45, 2.75) is 6.92 Å². The first-order valence-corrected chi connectivity index (χ1v) is 8.52. The van der Waals surface area contributed by atoms with Crippen molar-refractivity contribution in [1.82, 2.24) is 15.3 Å². The Balaban J connectivity index is 1.90. The number of carbonyl (C=O) groups excluding carboxylic acids is 1. The highest BCUT2D eigenvalue weighted by Gasteiger charge is 2.16. The van der Waals surface area contributed by atoms with E-state index in [1.54, 1.807) is 7.05 Å². The summed E-state index contributed by atoms with van der Waals surface area (Å²) in [5, 5.41) is 5.25. The summed E-state index contributed by atoms with van der Waals surface area (Å²) in [6.45, 7) is 5.04. The molecule has 0 unspecified atom stereocenters. The van der Waals surface area contributed by atoms with Crippen LogP contribution in [0.25, 0.3) is 11.4 Å². The monoisotopic (exact) mass is 359 g/mol. The molecule has 1 aromatic carbocycles. The van der Waals surface area contributed by atoms with E-state index in [4.69, 9.17) is 17.0 Å². The highest BCUT2D eigenvalue weighted by atomic mass is 32.1. The van der Waals surface area contributed by atoms with E-state index in [0.29, 0.717) is 29.4 Å². The van der Waals surface area contributed by atoms with Gasteiger partial charge in [-0.15, -0.1) is 0 Å². The van der Waals surface area contributed by atoms with Crippen molar-refractivity contribution in [3.05, 3.63) is 34.5 Å². The second-order valence-corrected chi connectivity index (χ2v) is 6.13. The summed E-state index contributed by atoms with van der Waals surface area (Å²) in [5.41, 5.74) is 2.59. The lowest BCUT2D eigenvalue weighted by Crippen LogP contribution is -2.37. The lowest BCUT2D eigenvalue weighted by molar-refractivity contribution is 0.122. The zero-order chi connectivity index (χ0) is 17.8. The van der Waals surface area contributed by atoms with Gasteiger partial charge in [0.15, 0.2) is 0 Å². The summed E-state index contributed by atoms with van der Waals surface area (Å²) in [5.74, 6) is 1.70. The SMILES string of the molecule is CNC(=O)Nc1ccc(-c2nc(=S)c(C)c(N3CCOCC3)[nH]2)cc1. The molecule has 0 aliphatic carbocycles. The van der Waals surface area contributed by atoms with Crippen molar-refractivity contribution < 1.29 is 9.53 Å². The minimum Gasteiger partial charge on any atom is -0.378 e. The molecule has 2 aromatic rings. The van der Waals surface area contributed by atoms with Crippen LogP contribution in [0.15, 0.2) is 24.3 Å². The molecule has 0 atom stereocenters. The largest absolute Gasteiger partial charge is 0.378 e. The van der Waals surface area contributed by atoms with Gasteiger partial charge in [0.05, 0.1) is 13.2 Å². The number of aromatic nitrogens is 2. The molecule has 1 aliphatic heterocycles. The van der Waals surface area contributed by atoms with Crippen LogP contribution in [0.5, 0.6) is 0 Å². The first-order valence-electron chi connectivity index (χ1n) is 8.11. The fourth-order valence-corrected chi connectivity index (χ4v) is 2.85. The van der Waals surface area contributed by atoms with Gasteiger partial charge in [0.25, 0.3) is 0 Å². The van der Waals surface area contributed by atoms with Crippen LogP contribution in [-0.2, 0) is 4.74 Å². The van der Waals surface area contributed by atoms with Crippen LogP contribution in [0, 0.1) is 11.6 Å². The molecule has 3 rings (SSSR count). The first kappa shape index (κ1) is 17.4. The number of hydrogen-bond acceptors (Lipinski definition) is 5. The van der Waals surface area contributed by atoms with Gasteiger partial charge < -0.3 is 25.3 Å². The molecule has 0 saturated carbocycles. The molecule has 7 nitrogen and oxygen atoms in total. The molecule has 0 bridgehead atoms. The molecular weight excluding hydrogens is 338 g/mol. The normalized spacial score (nSPS) is 14.2. The lowest BCUT2D eigenvalue weighted by Gasteiger charge is -2.30. The molecule has 1 aromatic heterocycles. The highest BCUT2D eigenvalue weighted by molar-refractivity contribution is 7.71. The van der Waals surface area contributed by atoms with Crippen LogP contribution >= 0.6 is 12.2 Å². The Morgan fingerprint density at radius 1 is 1.28 bits per heavy atom. The second kappa shape index (κ2) is 7.62. The minimum atomic E-state index is -0.254. The third kappa shape index (κ3) is 3.97. The van der Waals surface area contributed by atoms with Crippen molar-refractivity contribution in [1.29, 1.82) is 0 Å². The van der Waals surface area contributed by atoms with Gasteiger partial charge in [-0.2, -0.15) is 0 Å². The minimum absolute atomic E-state index is 0.254. The average molecular weight is 359 g/mol. The summed E-state index contributed by atoms with van der Waals surface area (Å²) in [7, 11) is 1.58. The van der Waals surface area contributed by atoms with Crippen LogP contribution in [0.3, 0.4) is 0 Å². The van der Waals surface area contributed by atoms with Crippen LogP contribution in [0.4, 0.5) is 16.3 Å². The van der Waals surface area contributed by atoms with E-state index in [-0.39, 0.29) is 6.03 Å². The number of nitrogens with one attached hydrogen (secondary N) is 3. The predicted octanol–water partition coefficient (Wildman–Crippen LogP) is 2.70. The molecule has 1 fully saturated rings. The first-order chi connectivity index (χ1) is 12.1. The van der Waals surface area contributed by atoms with Crippen molar-refractivity contribution in [3.8, 4) is 11.4 Å². The Hall–Kier alpha value is -2.45. The van der Waals surface area contributed by atoms with Gasteiger partial charge in [0.1, 0.15) is 16.3 Å². The molecule has 1 saturated heterocycles. The fraction of sp³-hybridized carbons (Fsp3) is 0.353. The summed E-state index contributed by atoms with van der Waals surface area (Å²) >= 11 is 5.44. The van der Waals surface area contributed by atoms with Crippen molar-refractivity contribution >= 4 is 29.8 Å². The maximum Gasteiger partial charge on any atom is 0.318 e. The van der Waals surface area contributed by atoms with Gasteiger partial charge in [-0.05, 0) is 31.2 Å². The van der Waals surface area contributed by atoms with Crippen LogP contribution in [-0.4, -0.2) is 49.4 Å². The van der Waals surface area contributed by atoms with Crippen molar-refractivity contribution in [2.75, 3.05) is 43.6 Å². The quantitative estimate of drug-likeness (QED) is 0.734. The van der Waals surface area contributed by atoms with E-state index < -0.39 is 0 Å². The number of urea groups is 1. The van der Waals surface area contributed by atoms with Gasteiger partial charge in [0.2, 0.25) is 0 Å². The summed E-state index contributed by atoms with van der Waals surface area (Å²) < 4.78 is 6.01. The third-order valence-corrected chi connectivity index (χ3v) is 4.49. The predicted molar refractivity (Wildman–Crippen MR) is 101 cm³/mol. The Kier molecular flexibility index (Phi) is 5.30. The van der Waals surface area contributed by atoms with E-state index >= 15 is 0 Å². The van der Waals surface area contributed by atoms with Gasteiger partial charge in [-0.3, -0.25) is 0 Å². The Labute approximate surface area is 151 Å². The Bertz CT molecular complexity index is 813. The molecule has 25 heavy (non-hydrogen) atoms. The summed E-state index contributed by atoms with van der Waals surface area (Å²) in [6.07, 6.45) is 0. The number of rotatable bonds is 3. The molecule has 8 heteroatoms. The number of aromatic amines is 1. The molecular formula is C17H21N5O2S. The molecule has 0 radical (unpaired) electrons. The topological polar surface area (TPSA) is 82.3 Å². The average Bonchev–Trinajstić information content (AvgIpc) is 2.65. The molecule has 2 heterocycles. The maximum absolute atomic E-state index is 11.4. The summed E-state index contributed by atoms with van der Waals surface area (Å²) in [6, 6.07) is 7.21. The summed E-state index contributed by atoms with van der Waals surface area (Å²) in [4.78, 5) is 21.5. The van der Waals surface area contributed by atoms with E-state index in [1.807, 2.05) is 31.2 Å². The standard InChI is InChI=1S/C17H21N5O2S/c1-11-15(22-7-9-24-10-8-22)20-14(21-16(11)25)12-3-5-13(6-4-12)19-17(23)18-2/h3-6H,7-10H2,1-2H3,(H2,18,19,23)(H,20,21,25).